The summed E-state index contributed by atoms with van der Waals surface area (Å²) in [5.74, 6) is 2.49. The molecule has 0 N–H and O–H groups in total. The van der Waals surface area contributed by atoms with E-state index in [1.54, 1.807) is 21.3 Å². The first-order chi connectivity index (χ1) is 15.4. The molecule has 3 aromatic rings. The smallest absolute Gasteiger partial charge is 0.170 e. The monoisotopic (exact) mass is 430 g/mol. The van der Waals surface area contributed by atoms with Crippen LogP contribution in [0.4, 0.5) is 0 Å². The van der Waals surface area contributed by atoms with Crippen molar-refractivity contribution >= 4 is 5.78 Å². The summed E-state index contributed by atoms with van der Waals surface area (Å²) in [5.41, 5.74) is 5.72. The molecule has 4 rings (SSSR count). The van der Waals surface area contributed by atoms with Crippen molar-refractivity contribution in [3.63, 3.8) is 0 Å². The number of ether oxygens (including phenoxy) is 3. The molecule has 0 spiro atoms. The zero-order valence-electron chi connectivity index (χ0n) is 19.5. The van der Waals surface area contributed by atoms with Gasteiger partial charge in [-0.15, -0.1) is 0 Å². The van der Waals surface area contributed by atoms with Gasteiger partial charge in [-0.25, -0.2) is 0 Å². The number of methoxy groups -OCH3 is 3. The van der Waals surface area contributed by atoms with Gasteiger partial charge < -0.3 is 14.2 Å². The van der Waals surface area contributed by atoms with Crippen molar-refractivity contribution in [2.45, 2.75) is 33.1 Å². The first-order valence-corrected chi connectivity index (χ1v) is 10.9. The van der Waals surface area contributed by atoms with E-state index in [0.29, 0.717) is 19.3 Å². The van der Waals surface area contributed by atoms with Gasteiger partial charge in [0.05, 0.1) is 21.3 Å². The Morgan fingerprint density at radius 3 is 1.91 bits per heavy atom. The van der Waals surface area contributed by atoms with Crippen LogP contribution < -0.4 is 14.2 Å². The Kier molecular flexibility index (Phi) is 5.96. The number of rotatable bonds is 7. The summed E-state index contributed by atoms with van der Waals surface area (Å²) < 4.78 is 16.5. The van der Waals surface area contributed by atoms with E-state index in [2.05, 4.69) is 19.1 Å². The van der Waals surface area contributed by atoms with Gasteiger partial charge in [-0.3, -0.25) is 4.79 Å². The van der Waals surface area contributed by atoms with Crippen molar-refractivity contribution in [2.24, 2.45) is 5.41 Å². The summed E-state index contributed by atoms with van der Waals surface area (Å²) >= 11 is 0. The van der Waals surface area contributed by atoms with Gasteiger partial charge in [-0.1, -0.05) is 24.3 Å². The number of ketones is 1. The van der Waals surface area contributed by atoms with Crippen molar-refractivity contribution in [3.05, 3.63) is 88.0 Å². The molecule has 1 atom stereocenters. The van der Waals surface area contributed by atoms with Gasteiger partial charge in [0.1, 0.15) is 17.2 Å². The third kappa shape index (κ3) is 4.10. The van der Waals surface area contributed by atoms with E-state index in [1.165, 1.54) is 0 Å². The van der Waals surface area contributed by atoms with Gasteiger partial charge in [0.2, 0.25) is 0 Å². The predicted octanol–water partition coefficient (Wildman–Crippen LogP) is 5.54. The Hall–Kier alpha value is -3.27. The molecule has 0 aromatic heterocycles. The maximum absolute atomic E-state index is 14.0. The predicted molar refractivity (Wildman–Crippen MR) is 126 cm³/mol. The van der Waals surface area contributed by atoms with E-state index in [9.17, 15) is 4.79 Å². The molecule has 0 radical (unpaired) electrons. The van der Waals surface area contributed by atoms with Crippen LogP contribution in [0.25, 0.3) is 0 Å². The molecule has 4 nitrogen and oxygen atoms in total. The Labute approximate surface area is 190 Å². The first kappa shape index (κ1) is 21.9. The van der Waals surface area contributed by atoms with Crippen molar-refractivity contribution in [1.29, 1.82) is 0 Å². The highest BCUT2D eigenvalue weighted by Crippen LogP contribution is 2.44. The maximum atomic E-state index is 14.0. The van der Waals surface area contributed by atoms with Crippen LogP contribution in [-0.4, -0.2) is 27.1 Å². The average Bonchev–Trinajstić information content (AvgIpc) is 3.04. The fourth-order valence-electron chi connectivity index (χ4n) is 5.05. The zero-order valence-corrected chi connectivity index (χ0v) is 19.5. The Bertz CT molecular complexity index is 1140. The van der Waals surface area contributed by atoms with E-state index in [0.717, 1.165) is 50.6 Å². The lowest BCUT2D eigenvalue weighted by molar-refractivity contribution is 0.0816. The van der Waals surface area contributed by atoms with Crippen LogP contribution in [0.2, 0.25) is 0 Å². The minimum atomic E-state index is -0.579. The highest BCUT2D eigenvalue weighted by molar-refractivity contribution is 6.06. The number of Topliss-reactive ketones (excluding diaryl/α,β-unsaturated/α-hetero) is 1. The summed E-state index contributed by atoms with van der Waals surface area (Å²) in [6, 6.07) is 18.2. The molecule has 166 valence electrons. The molecule has 1 unspecified atom stereocenters. The van der Waals surface area contributed by atoms with Crippen LogP contribution in [0.3, 0.4) is 0 Å². The minimum Gasteiger partial charge on any atom is -0.497 e. The zero-order chi connectivity index (χ0) is 22.9. The lowest BCUT2D eigenvalue weighted by Crippen LogP contribution is -2.33. The fourth-order valence-corrected chi connectivity index (χ4v) is 5.05. The normalized spacial score (nSPS) is 17.2. The lowest BCUT2D eigenvalue weighted by Gasteiger charge is -2.29. The quantitative estimate of drug-likeness (QED) is 0.494. The average molecular weight is 431 g/mol. The Morgan fingerprint density at radius 2 is 1.34 bits per heavy atom. The molecule has 0 saturated carbocycles. The second kappa shape index (κ2) is 8.70. The number of carbonyl (C=O) groups excluding carboxylic acids is 1. The molecule has 32 heavy (non-hydrogen) atoms. The van der Waals surface area contributed by atoms with Crippen molar-refractivity contribution in [2.75, 3.05) is 21.3 Å². The molecular weight excluding hydrogens is 400 g/mol. The topological polar surface area (TPSA) is 44.8 Å². The van der Waals surface area contributed by atoms with E-state index < -0.39 is 5.41 Å². The first-order valence-electron chi connectivity index (χ1n) is 10.9. The van der Waals surface area contributed by atoms with Crippen LogP contribution in [0.5, 0.6) is 17.2 Å². The van der Waals surface area contributed by atoms with Gasteiger partial charge in [0.15, 0.2) is 5.78 Å². The highest BCUT2D eigenvalue weighted by Gasteiger charge is 2.46. The van der Waals surface area contributed by atoms with Crippen LogP contribution in [0, 0.1) is 19.3 Å². The molecule has 0 saturated heterocycles. The molecule has 0 amide bonds. The highest BCUT2D eigenvalue weighted by atomic mass is 16.5. The molecule has 4 heteroatoms. The fraction of sp³-hybridized carbons (Fsp3) is 0.321. The largest absolute Gasteiger partial charge is 0.497 e. The molecule has 3 aromatic carbocycles. The van der Waals surface area contributed by atoms with E-state index in [-0.39, 0.29) is 5.78 Å². The van der Waals surface area contributed by atoms with Crippen LogP contribution in [0.15, 0.2) is 54.6 Å². The van der Waals surface area contributed by atoms with Gasteiger partial charge in [-0.05, 0) is 85.2 Å². The van der Waals surface area contributed by atoms with Gasteiger partial charge in [-0.2, -0.15) is 0 Å². The van der Waals surface area contributed by atoms with E-state index >= 15 is 0 Å². The maximum Gasteiger partial charge on any atom is 0.170 e. The number of fused-ring (bicyclic) bond motifs is 1. The Balaban J connectivity index is 1.81. The molecule has 0 aliphatic heterocycles. The van der Waals surface area contributed by atoms with Crippen LogP contribution in [0.1, 0.15) is 38.2 Å². The third-order valence-electron chi connectivity index (χ3n) is 6.44. The summed E-state index contributed by atoms with van der Waals surface area (Å²) in [6.07, 6.45) is 1.94. The SMILES string of the molecule is COc1cc(C)cc(CC2(Cc3cc(OC)cc(OC)c3)Cc3cccc(C)c3C2=O)c1. The molecule has 0 heterocycles. The molecular formula is C28H30O4. The summed E-state index contributed by atoms with van der Waals surface area (Å²) in [5, 5.41) is 0. The second-order valence-corrected chi connectivity index (χ2v) is 8.83. The van der Waals surface area contributed by atoms with Crippen molar-refractivity contribution in [3.8, 4) is 17.2 Å². The summed E-state index contributed by atoms with van der Waals surface area (Å²) in [7, 11) is 4.97. The van der Waals surface area contributed by atoms with Crippen LogP contribution in [-0.2, 0) is 19.3 Å². The third-order valence-corrected chi connectivity index (χ3v) is 6.44. The lowest BCUT2D eigenvalue weighted by atomic mass is 9.73. The van der Waals surface area contributed by atoms with E-state index in [4.69, 9.17) is 14.2 Å². The summed E-state index contributed by atoms with van der Waals surface area (Å²) in [6.45, 7) is 4.08. The molecule has 1 aliphatic carbocycles. The van der Waals surface area contributed by atoms with E-state index in [1.807, 2.05) is 49.4 Å². The molecule has 1 aliphatic rings. The number of hydrogen-bond donors (Lipinski definition) is 0. The number of aryl methyl sites for hydroxylation is 2. The molecule has 0 fully saturated rings. The minimum absolute atomic E-state index is 0.216. The van der Waals surface area contributed by atoms with Crippen molar-refractivity contribution in [1.82, 2.24) is 0 Å². The Morgan fingerprint density at radius 1 is 0.781 bits per heavy atom. The number of benzene rings is 3. The second-order valence-electron chi connectivity index (χ2n) is 8.83. The van der Waals surface area contributed by atoms with Gasteiger partial charge in [0.25, 0.3) is 0 Å². The van der Waals surface area contributed by atoms with Gasteiger partial charge in [0, 0.05) is 17.0 Å². The standard InChI is InChI=1S/C28H30O4/c1-18-9-20(11-23(10-18)30-3)15-28(16-21-12-24(31-4)14-25(13-21)32-5)17-22-8-6-7-19(2)26(22)27(28)29/h6-14H,15-17H2,1-5H3. The molecule has 0 bridgehead atoms. The van der Waals surface area contributed by atoms with Crippen LogP contribution >= 0.6 is 0 Å². The van der Waals surface area contributed by atoms with Crippen molar-refractivity contribution < 1.29 is 19.0 Å². The summed E-state index contributed by atoms with van der Waals surface area (Å²) in [4.78, 5) is 14.0. The van der Waals surface area contributed by atoms with Gasteiger partial charge >= 0.3 is 0 Å². The number of carbonyl (C=O) groups is 1. The number of hydrogen-bond acceptors (Lipinski definition) is 4.